The van der Waals surface area contributed by atoms with Crippen molar-refractivity contribution in [2.45, 2.75) is 18.6 Å². The number of nitrogens with one attached hydrogen (secondary N) is 1. The quantitative estimate of drug-likeness (QED) is 0.858. The van der Waals surface area contributed by atoms with Gasteiger partial charge in [0.15, 0.2) is 0 Å². The second-order valence-corrected chi connectivity index (χ2v) is 6.04. The molecule has 1 amide bonds. The first-order valence-electron chi connectivity index (χ1n) is 5.52. The van der Waals surface area contributed by atoms with Gasteiger partial charge in [0.1, 0.15) is 0 Å². The van der Waals surface area contributed by atoms with Crippen LogP contribution in [0.1, 0.15) is 34.6 Å². The molecule has 0 bridgehead atoms. The molecule has 0 radical (unpaired) electrons. The summed E-state index contributed by atoms with van der Waals surface area (Å²) < 4.78 is -0.0172. The first-order chi connectivity index (χ1) is 8.35. The van der Waals surface area contributed by atoms with Crippen LogP contribution in [0.25, 0.3) is 0 Å². The van der Waals surface area contributed by atoms with E-state index in [1.54, 1.807) is 11.8 Å². The molecule has 0 heterocycles. The maximum absolute atomic E-state index is 11.8. The molecular formula is C13H17NO3S. The van der Waals surface area contributed by atoms with Gasteiger partial charge in [0, 0.05) is 16.9 Å². The van der Waals surface area contributed by atoms with Crippen molar-refractivity contribution in [2.75, 3.05) is 12.8 Å². The number of aromatic carboxylic acids is 1. The van der Waals surface area contributed by atoms with Gasteiger partial charge < -0.3 is 10.4 Å². The third-order valence-corrected chi connectivity index (χ3v) is 3.87. The number of carboxylic acids is 1. The second-order valence-electron chi connectivity index (χ2n) is 4.53. The number of hydrogen-bond donors (Lipinski definition) is 2. The van der Waals surface area contributed by atoms with Gasteiger partial charge in [0.25, 0.3) is 5.91 Å². The van der Waals surface area contributed by atoms with Gasteiger partial charge in [0.05, 0.1) is 5.56 Å². The number of hydrogen-bond acceptors (Lipinski definition) is 3. The van der Waals surface area contributed by atoms with Crippen molar-refractivity contribution in [1.82, 2.24) is 5.32 Å². The predicted octanol–water partition coefficient (Wildman–Crippen LogP) is 2.26. The highest BCUT2D eigenvalue weighted by atomic mass is 32.2. The minimum Gasteiger partial charge on any atom is -0.478 e. The third-order valence-electron chi connectivity index (χ3n) is 2.62. The topological polar surface area (TPSA) is 66.4 Å². The van der Waals surface area contributed by atoms with Crippen molar-refractivity contribution in [3.8, 4) is 0 Å². The summed E-state index contributed by atoms with van der Waals surface area (Å²) in [5.41, 5.74) is 0.646. The summed E-state index contributed by atoms with van der Waals surface area (Å²) in [5.74, 6) is -1.18. The molecule has 0 aliphatic heterocycles. The van der Waals surface area contributed by atoms with E-state index in [1.165, 1.54) is 24.3 Å². The number of carbonyl (C=O) groups excluding carboxylic acids is 1. The maximum Gasteiger partial charge on any atom is 0.335 e. The van der Waals surface area contributed by atoms with E-state index in [-0.39, 0.29) is 16.2 Å². The van der Waals surface area contributed by atoms with E-state index in [0.29, 0.717) is 12.1 Å². The van der Waals surface area contributed by atoms with Crippen LogP contribution in [0.2, 0.25) is 0 Å². The van der Waals surface area contributed by atoms with Gasteiger partial charge in [-0.25, -0.2) is 4.79 Å². The Balaban J connectivity index is 2.65. The number of rotatable bonds is 5. The molecule has 4 nitrogen and oxygen atoms in total. The molecule has 0 atom stereocenters. The molecule has 0 unspecified atom stereocenters. The molecular weight excluding hydrogens is 250 g/mol. The van der Waals surface area contributed by atoms with E-state index in [9.17, 15) is 9.59 Å². The van der Waals surface area contributed by atoms with Crippen LogP contribution < -0.4 is 5.32 Å². The summed E-state index contributed by atoms with van der Waals surface area (Å²) in [5, 5.41) is 11.6. The zero-order chi connectivity index (χ0) is 13.8. The normalized spacial score (nSPS) is 11.1. The van der Waals surface area contributed by atoms with Crippen LogP contribution in [0, 0.1) is 0 Å². The Morgan fingerprint density at radius 3 is 2.17 bits per heavy atom. The Kier molecular flexibility index (Phi) is 4.78. The van der Waals surface area contributed by atoms with Crippen molar-refractivity contribution in [2.24, 2.45) is 0 Å². The van der Waals surface area contributed by atoms with Gasteiger partial charge in [-0.15, -0.1) is 0 Å². The van der Waals surface area contributed by atoms with Crippen molar-refractivity contribution < 1.29 is 14.7 Å². The highest BCUT2D eigenvalue weighted by Crippen LogP contribution is 2.19. The molecule has 1 aromatic rings. The van der Waals surface area contributed by atoms with Gasteiger partial charge >= 0.3 is 5.97 Å². The SMILES string of the molecule is CSC(C)(C)CNC(=O)c1ccc(C(=O)O)cc1. The molecule has 0 spiro atoms. The standard InChI is InChI=1S/C13H17NO3S/c1-13(2,18-3)8-14-11(15)9-4-6-10(7-5-9)12(16)17/h4-7H,8H2,1-3H3,(H,14,15)(H,16,17). The van der Waals surface area contributed by atoms with Crippen molar-refractivity contribution in [3.05, 3.63) is 35.4 Å². The van der Waals surface area contributed by atoms with E-state index < -0.39 is 5.97 Å². The van der Waals surface area contributed by atoms with Crippen LogP contribution in [-0.4, -0.2) is 34.5 Å². The Morgan fingerprint density at radius 2 is 1.72 bits per heavy atom. The zero-order valence-electron chi connectivity index (χ0n) is 10.7. The molecule has 1 aromatic carbocycles. The van der Waals surface area contributed by atoms with Gasteiger partial charge in [-0.3, -0.25) is 4.79 Å². The van der Waals surface area contributed by atoms with Crippen molar-refractivity contribution in [3.63, 3.8) is 0 Å². The lowest BCUT2D eigenvalue weighted by Gasteiger charge is -2.22. The Bertz CT molecular complexity index is 440. The van der Waals surface area contributed by atoms with Crippen LogP contribution in [-0.2, 0) is 0 Å². The summed E-state index contributed by atoms with van der Waals surface area (Å²) in [4.78, 5) is 22.5. The summed E-state index contributed by atoms with van der Waals surface area (Å²) >= 11 is 1.68. The minimum atomic E-state index is -0.995. The number of thioether (sulfide) groups is 1. The van der Waals surface area contributed by atoms with Crippen LogP contribution in [0.3, 0.4) is 0 Å². The first kappa shape index (κ1) is 14.6. The summed E-state index contributed by atoms with van der Waals surface area (Å²) in [7, 11) is 0. The number of amides is 1. The van der Waals surface area contributed by atoms with E-state index in [0.717, 1.165) is 0 Å². The predicted molar refractivity (Wildman–Crippen MR) is 73.3 cm³/mol. The van der Waals surface area contributed by atoms with E-state index in [4.69, 9.17) is 5.11 Å². The molecule has 5 heteroatoms. The molecule has 0 fully saturated rings. The second kappa shape index (κ2) is 5.91. The third kappa shape index (κ3) is 4.07. The minimum absolute atomic E-state index is 0.0172. The fraction of sp³-hybridized carbons (Fsp3) is 0.385. The highest BCUT2D eigenvalue weighted by molar-refractivity contribution is 7.99. The van der Waals surface area contributed by atoms with E-state index >= 15 is 0 Å². The molecule has 0 aliphatic carbocycles. The molecule has 1 rings (SSSR count). The van der Waals surface area contributed by atoms with E-state index in [1.807, 2.05) is 20.1 Å². The highest BCUT2D eigenvalue weighted by Gasteiger charge is 2.17. The lowest BCUT2D eigenvalue weighted by atomic mass is 10.1. The maximum atomic E-state index is 11.8. The fourth-order valence-corrected chi connectivity index (χ4v) is 1.45. The molecule has 98 valence electrons. The van der Waals surface area contributed by atoms with Gasteiger partial charge in [0.2, 0.25) is 0 Å². The molecule has 18 heavy (non-hydrogen) atoms. The monoisotopic (exact) mass is 267 g/mol. The van der Waals surface area contributed by atoms with Gasteiger partial charge in [-0.2, -0.15) is 11.8 Å². The number of carbonyl (C=O) groups is 2. The summed E-state index contributed by atoms with van der Waals surface area (Å²) in [6, 6.07) is 5.89. The van der Waals surface area contributed by atoms with Crippen LogP contribution in [0.15, 0.2) is 24.3 Å². The Morgan fingerprint density at radius 1 is 1.22 bits per heavy atom. The molecule has 0 saturated carbocycles. The molecule has 0 saturated heterocycles. The average Bonchev–Trinajstić information content (AvgIpc) is 2.36. The lowest BCUT2D eigenvalue weighted by Crippen LogP contribution is -2.36. The first-order valence-corrected chi connectivity index (χ1v) is 6.75. The number of carboxylic acid groups (broad SMARTS) is 1. The Hall–Kier alpha value is -1.49. The largest absolute Gasteiger partial charge is 0.478 e. The van der Waals surface area contributed by atoms with E-state index in [2.05, 4.69) is 5.32 Å². The number of benzene rings is 1. The van der Waals surface area contributed by atoms with Crippen LogP contribution >= 0.6 is 11.8 Å². The van der Waals surface area contributed by atoms with Gasteiger partial charge in [-0.05, 0) is 44.4 Å². The Labute approximate surface area is 111 Å². The molecule has 0 aromatic heterocycles. The average molecular weight is 267 g/mol. The van der Waals surface area contributed by atoms with Crippen LogP contribution in [0.5, 0.6) is 0 Å². The smallest absolute Gasteiger partial charge is 0.335 e. The zero-order valence-corrected chi connectivity index (χ0v) is 11.5. The summed E-state index contributed by atoms with van der Waals surface area (Å²) in [6.07, 6.45) is 1.99. The molecule has 0 aliphatic rings. The van der Waals surface area contributed by atoms with Crippen molar-refractivity contribution in [1.29, 1.82) is 0 Å². The summed E-state index contributed by atoms with van der Waals surface area (Å²) in [6.45, 7) is 4.66. The van der Waals surface area contributed by atoms with Gasteiger partial charge in [-0.1, -0.05) is 0 Å². The molecule has 2 N–H and O–H groups in total. The lowest BCUT2D eigenvalue weighted by molar-refractivity contribution is 0.0696. The van der Waals surface area contributed by atoms with Crippen molar-refractivity contribution >= 4 is 23.6 Å². The van der Waals surface area contributed by atoms with Crippen LogP contribution in [0.4, 0.5) is 0 Å². The fourth-order valence-electron chi connectivity index (χ4n) is 1.23.